The summed E-state index contributed by atoms with van der Waals surface area (Å²) in [5, 5.41) is 11.7. The van der Waals surface area contributed by atoms with Gasteiger partial charge in [-0.25, -0.2) is 4.79 Å². The van der Waals surface area contributed by atoms with Gasteiger partial charge in [0.1, 0.15) is 0 Å². The lowest BCUT2D eigenvalue weighted by atomic mass is 9.94. The average molecular weight is 290 g/mol. The number of carbonyl (C=O) groups excluding carboxylic acids is 1. The Balaban J connectivity index is 1.74. The molecule has 2 amide bonds. The molecule has 1 aromatic carbocycles. The van der Waals surface area contributed by atoms with Crippen LogP contribution >= 0.6 is 0 Å². The molecular formula is C16H22N2O3. The number of hydrogen-bond donors (Lipinski definition) is 2. The maximum absolute atomic E-state index is 12.1. The average Bonchev–Trinajstić information content (AvgIpc) is 2.46. The number of carboxylic acid groups (broad SMARTS) is 1. The van der Waals surface area contributed by atoms with Crippen molar-refractivity contribution >= 4 is 12.0 Å². The Morgan fingerprint density at radius 2 is 1.86 bits per heavy atom. The molecule has 0 aliphatic carbocycles. The number of urea groups is 1. The number of nitrogens with one attached hydrogen (secondary N) is 1. The lowest BCUT2D eigenvalue weighted by Crippen LogP contribution is -2.44. The number of aliphatic carboxylic acids is 1. The van der Waals surface area contributed by atoms with Crippen molar-refractivity contribution in [3.63, 3.8) is 0 Å². The summed E-state index contributed by atoms with van der Waals surface area (Å²) in [7, 11) is 0. The van der Waals surface area contributed by atoms with E-state index in [1.165, 1.54) is 5.56 Å². The van der Waals surface area contributed by atoms with Gasteiger partial charge < -0.3 is 15.3 Å². The third-order valence-corrected chi connectivity index (χ3v) is 3.93. The topological polar surface area (TPSA) is 69.6 Å². The number of amides is 2. The SMILES string of the molecule is Cc1ccc(CNC(=O)N2CCC(CC(=O)O)CC2)cc1. The molecule has 0 saturated carbocycles. The van der Waals surface area contributed by atoms with E-state index >= 15 is 0 Å². The van der Waals surface area contributed by atoms with Crippen molar-refractivity contribution in [2.75, 3.05) is 13.1 Å². The number of rotatable bonds is 4. The van der Waals surface area contributed by atoms with Crippen LogP contribution in [0.3, 0.4) is 0 Å². The Morgan fingerprint density at radius 3 is 2.43 bits per heavy atom. The van der Waals surface area contributed by atoms with E-state index in [9.17, 15) is 9.59 Å². The van der Waals surface area contributed by atoms with Crippen molar-refractivity contribution in [3.8, 4) is 0 Å². The van der Waals surface area contributed by atoms with Gasteiger partial charge in [-0.2, -0.15) is 0 Å². The van der Waals surface area contributed by atoms with Crippen LogP contribution < -0.4 is 5.32 Å². The quantitative estimate of drug-likeness (QED) is 0.894. The van der Waals surface area contributed by atoms with E-state index < -0.39 is 5.97 Å². The van der Waals surface area contributed by atoms with E-state index in [4.69, 9.17) is 5.11 Å². The first-order chi connectivity index (χ1) is 10.0. The van der Waals surface area contributed by atoms with Crippen LogP contribution in [0.15, 0.2) is 24.3 Å². The monoisotopic (exact) mass is 290 g/mol. The van der Waals surface area contributed by atoms with Gasteiger partial charge in [0.05, 0.1) is 0 Å². The molecule has 5 nitrogen and oxygen atoms in total. The van der Waals surface area contributed by atoms with E-state index in [0.29, 0.717) is 19.6 Å². The second kappa shape index (κ2) is 7.11. The summed E-state index contributed by atoms with van der Waals surface area (Å²) in [6.45, 7) is 3.83. The van der Waals surface area contributed by atoms with Gasteiger partial charge in [0, 0.05) is 26.1 Å². The minimum Gasteiger partial charge on any atom is -0.481 e. The number of carbonyl (C=O) groups is 2. The van der Waals surface area contributed by atoms with E-state index in [2.05, 4.69) is 5.32 Å². The lowest BCUT2D eigenvalue weighted by Gasteiger charge is -2.31. The van der Waals surface area contributed by atoms with Crippen LogP contribution in [0.25, 0.3) is 0 Å². The van der Waals surface area contributed by atoms with Crippen molar-refractivity contribution in [3.05, 3.63) is 35.4 Å². The van der Waals surface area contributed by atoms with Crippen LogP contribution in [0, 0.1) is 12.8 Å². The summed E-state index contributed by atoms with van der Waals surface area (Å²) in [4.78, 5) is 24.5. The van der Waals surface area contributed by atoms with E-state index in [1.54, 1.807) is 4.90 Å². The first kappa shape index (κ1) is 15.4. The van der Waals surface area contributed by atoms with Gasteiger partial charge >= 0.3 is 12.0 Å². The van der Waals surface area contributed by atoms with E-state index in [0.717, 1.165) is 18.4 Å². The van der Waals surface area contributed by atoms with Gasteiger partial charge in [-0.15, -0.1) is 0 Å². The minimum absolute atomic E-state index is 0.0654. The number of piperidine rings is 1. The molecule has 1 aliphatic heterocycles. The Bertz CT molecular complexity index is 491. The minimum atomic E-state index is -0.753. The van der Waals surface area contributed by atoms with Gasteiger partial charge in [-0.3, -0.25) is 4.79 Å². The predicted octanol–water partition coefficient (Wildman–Crippen LogP) is 2.39. The van der Waals surface area contributed by atoms with Crippen LogP contribution in [0.1, 0.15) is 30.4 Å². The van der Waals surface area contributed by atoms with Crippen molar-refractivity contribution in [2.24, 2.45) is 5.92 Å². The molecule has 5 heteroatoms. The molecule has 0 spiro atoms. The van der Waals surface area contributed by atoms with Crippen molar-refractivity contribution in [2.45, 2.75) is 32.7 Å². The second-order valence-corrected chi connectivity index (χ2v) is 5.67. The number of nitrogens with zero attached hydrogens (tertiary/aromatic N) is 1. The molecule has 1 heterocycles. The Labute approximate surface area is 125 Å². The van der Waals surface area contributed by atoms with Gasteiger partial charge in [-0.05, 0) is 31.2 Å². The molecule has 2 rings (SSSR count). The molecule has 1 saturated heterocycles. The van der Waals surface area contributed by atoms with E-state index in [-0.39, 0.29) is 18.4 Å². The zero-order valence-corrected chi connectivity index (χ0v) is 12.3. The molecule has 1 aliphatic rings. The van der Waals surface area contributed by atoms with Crippen molar-refractivity contribution in [1.82, 2.24) is 10.2 Å². The highest BCUT2D eigenvalue weighted by Gasteiger charge is 2.23. The standard InChI is InChI=1S/C16H22N2O3/c1-12-2-4-14(5-3-12)11-17-16(21)18-8-6-13(7-9-18)10-15(19)20/h2-5,13H,6-11H2,1H3,(H,17,21)(H,19,20). The fourth-order valence-corrected chi connectivity index (χ4v) is 2.58. The molecule has 0 unspecified atom stereocenters. The van der Waals surface area contributed by atoms with E-state index in [1.807, 2.05) is 31.2 Å². The Hall–Kier alpha value is -2.04. The number of benzene rings is 1. The Morgan fingerprint density at radius 1 is 1.24 bits per heavy atom. The molecule has 0 bridgehead atoms. The highest BCUT2D eigenvalue weighted by Crippen LogP contribution is 2.20. The van der Waals surface area contributed by atoms with Gasteiger partial charge in [0.15, 0.2) is 0 Å². The van der Waals surface area contributed by atoms with Crippen molar-refractivity contribution < 1.29 is 14.7 Å². The molecule has 114 valence electrons. The molecule has 0 radical (unpaired) electrons. The van der Waals surface area contributed by atoms with Gasteiger partial charge in [0.2, 0.25) is 0 Å². The summed E-state index contributed by atoms with van der Waals surface area (Å²) in [6, 6.07) is 8.01. The molecule has 1 fully saturated rings. The van der Waals surface area contributed by atoms with Crippen LogP contribution in [-0.4, -0.2) is 35.1 Å². The normalized spacial score (nSPS) is 15.8. The largest absolute Gasteiger partial charge is 0.481 e. The van der Waals surface area contributed by atoms with Crippen molar-refractivity contribution in [1.29, 1.82) is 0 Å². The fourth-order valence-electron chi connectivity index (χ4n) is 2.58. The first-order valence-electron chi connectivity index (χ1n) is 7.34. The highest BCUT2D eigenvalue weighted by atomic mass is 16.4. The molecular weight excluding hydrogens is 268 g/mol. The number of aryl methyl sites for hydroxylation is 1. The third kappa shape index (κ3) is 4.77. The van der Waals surface area contributed by atoms with Crippen LogP contribution in [0.5, 0.6) is 0 Å². The molecule has 2 N–H and O–H groups in total. The number of carboxylic acids is 1. The maximum Gasteiger partial charge on any atom is 0.317 e. The van der Waals surface area contributed by atoms with Gasteiger partial charge in [0.25, 0.3) is 0 Å². The first-order valence-corrected chi connectivity index (χ1v) is 7.34. The third-order valence-electron chi connectivity index (χ3n) is 3.93. The maximum atomic E-state index is 12.1. The molecule has 1 aromatic rings. The molecule has 0 aromatic heterocycles. The number of hydrogen-bond acceptors (Lipinski definition) is 2. The summed E-state index contributed by atoms with van der Waals surface area (Å²) in [5.74, 6) is -0.555. The molecule has 21 heavy (non-hydrogen) atoms. The lowest BCUT2D eigenvalue weighted by molar-refractivity contribution is -0.138. The van der Waals surface area contributed by atoms with Gasteiger partial charge in [-0.1, -0.05) is 29.8 Å². The summed E-state index contributed by atoms with van der Waals surface area (Å²) >= 11 is 0. The summed E-state index contributed by atoms with van der Waals surface area (Å²) in [5.41, 5.74) is 2.28. The highest BCUT2D eigenvalue weighted by molar-refractivity contribution is 5.74. The summed E-state index contributed by atoms with van der Waals surface area (Å²) < 4.78 is 0. The van der Waals surface area contributed by atoms with Crippen LogP contribution in [-0.2, 0) is 11.3 Å². The second-order valence-electron chi connectivity index (χ2n) is 5.67. The zero-order chi connectivity index (χ0) is 15.2. The van der Waals surface area contributed by atoms with Crippen LogP contribution in [0.2, 0.25) is 0 Å². The summed E-state index contributed by atoms with van der Waals surface area (Å²) in [6.07, 6.45) is 1.74. The molecule has 0 atom stereocenters. The fraction of sp³-hybridized carbons (Fsp3) is 0.500. The number of likely N-dealkylation sites (tertiary alicyclic amines) is 1. The predicted molar refractivity (Wildman–Crippen MR) is 80.0 cm³/mol. The zero-order valence-electron chi connectivity index (χ0n) is 12.3. The smallest absolute Gasteiger partial charge is 0.317 e. The Kier molecular flexibility index (Phi) is 5.20. The van der Waals surface area contributed by atoms with Crippen LogP contribution in [0.4, 0.5) is 4.79 Å².